The number of halogens is 2. The number of nitrogens with zero attached hydrogens (tertiary/aromatic N) is 1. The molecule has 0 heterocycles. The van der Waals surface area contributed by atoms with Crippen LogP contribution in [0.25, 0.3) is 0 Å². The molecule has 1 rings (SSSR count). The molecular formula is C7H5ClFNO4S. The first-order valence-electron chi connectivity index (χ1n) is 3.63. The minimum absolute atomic E-state index is 0.360. The number of rotatable bonds is 2. The van der Waals surface area contributed by atoms with Crippen LogP contribution in [0.2, 0.25) is 0 Å². The van der Waals surface area contributed by atoms with E-state index in [0.717, 1.165) is 19.1 Å². The maximum Gasteiger partial charge on any atom is 0.295 e. The Hall–Kier alpha value is -1.21. The standard InChI is InChI=1S/C7H5ClFNO4S/c1-4-5(9)2-3-6(15(8,13)14)7(4)10(11)12/h2-3H,1H3. The van der Waals surface area contributed by atoms with Crippen LogP contribution in [-0.4, -0.2) is 13.3 Å². The Bertz CT molecular complexity index is 528. The van der Waals surface area contributed by atoms with Gasteiger partial charge in [0.15, 0.2) is 4.90 Å². The van der Waals surface area contributed by atoms with Crippen LogP contribution >= 0.6 is 10.7 Å². The Morgan fingerprint density at radius 1 is 1.47 bits per heavy atom. The Morgan fingerprint density at radius 2 is 2.00 bits per heavy atom. The quantitative estimate of drug-likeness (QED) is 0.459. The molecule has 0 saturated heterocycles. The number of hydrogen-bond donors (Lipinski definition) is 0. The lowest BCUT2D eigenvalue weighted by atomic mass is 10.2. The molecule has 1 aromatic carbocycles. The molecule has 1 aromatic rings. The zero-order valence-electron chi connectivity index (χ0n) is 7.40. The largest absolute Gasteiger partial charge is 0.295 e. The number of benzene rings is 1. The topological polar surface area (TPSA) is 77.3 Å². The number of nitro groups is 1. The molecule has 0 saturated carbocycles. The summed E-state index contributed by atoms with van der Waals surface area (Å²) in [5, 5.41) is 10.6. The predicted octanol–water partition coefficient (Wildman–Crippen LogP) is 1.97. The number of hydrogen-bond acceptors (Lipinski definition) is 4. The first-order chi connectivity index (χ1) is 6.75. The molecule has 82 valence electrons. The zero-order chi connectivity index (χ0) is 11.8. The van der Waals surface area contributed by atoms with Gasteiger partial charge >= 0.3 is 0 Å². The molecule has 0 atom stereocenters. The molecule has 0 radical (unpaired) electrons. The van der Waals surface area contributed by atoms with E-state index >= 15 is 0 Å². The maximum atomic E-state index is 13.0. The summed E-state index contributed by atoms with van der Waals surface area (Å²) in [5.41, 5.74) is -1.19. The molecule has 0 aliphatic heterocycles. The summed E-state index contributed by atoms with van der Waals surface area (Å²) in [6.07, 6.45) is 0. The monoisotopic (exact) mass is 253 g/mol. The zero-order valence-corrected chi connectivity index (χ0v) is 8.97. The van der Waals surface area contributed by atoms with Gasteiger partial charge in [0, 0.05) is 10.7 Å². The first kappa shape index (κ1) is 11.9. The van der Waals surface area contributed by atoms with Crippen LogP contribution < -0.4 is 0 Å². The van der Waals surface area contributed by atoms with Crippen LogP contribution in [0.4, 0.5) is 10.1 Å². The van der Waals surface area contributed by atoms with E-state index in [-0.39, 0.29) is 5.56 Å². The maximum absolute atomic E-state index is 13.0. The molecule has 0 aromatic heterocycles. The van der Waals surface area contributed by atoms with Crippen molar-refractivity contribution in [3.63, 3.8) is 0 Å². The molecule has 0 aliphatic carbocycles. The van der Waals surface area contributed by atoms with Gasteiger partial charge in [0.05, 0.1) is 10.5 Å². The third-order valence-corrected chi connectivity index (χ3v) is 3.13. The summed E-state index contributed by atoms with van der Waals surface area (Å²) >= 11 is 0. The Morgan fingerprint density at radius 3 is 2.40 bits per heavy atom. The second kappa shape index (κ2) is 3.74. The summed E-state index contributed by atoms with van der Waals surface area (Å²) in [6.45, 7) is 1.11. The number of nitro benzene ring substituents is 1. The highest BCUT2D eigenvalue weighted by Crippen LogP contribution is 2.31. The van der Waals surface area contributed by atoms with Crippen molar-refractivity contribution in [3.8, 4) is 0 Å². The third kappa shape index (κ3) is 2.24. The fraction of sp³-hybridized carbons (Fsp3) is 0.143. The van der Waals surface area contributed by atoms with Gasteiger partial charge in [0.25, 0.3) is 14.7 Å². The molecule has 0 unspecified atom stereocenters. The van der Waals surface area contributed by atoms with Crippen molar-refractivity contribution in [2.24, 2.45) is 0 Å². The van der Waals surface area contributed by atoms with Gasteiger partial charge < -0.3 is 0 Å². The smallest absolute Gasteiger partial charge is 0.258 e. The van der Waals surface area contributed by atoms with Crippen molar-refractivity contribution >= 4 is 25.4 Å². The summed E-state index contributed by atoms with van der Waals surface area (Å²) in [6, 6.07) is 1.58. The van der Waals surface area contributed by atoms with E-state index in [4.69, 9.17) is 10.7 Å². The van der Waals surface area contributed by atoms with Crippen molar-refractivity contribution in [3.05, 3.63) is 33.6 Å². The van der Waals surface area contributed by atoms with Crippen LogP contribution in [0.3, 0.4) is 0 Å². The fourth-order valence-corrected chi connectivity index (χ4v) is 2.14. The van der Waals surface area contributed by atoms with Gasteiger partial charge in [0.2, 0.25) is 0 Å². The van der Waals surface area contributed by atoms with Crippen LogP contribution in [0.15, 0.2) is 17.0 Å². The highest BCUT2D eigenvalue weighted by Gasteiger charge is 2.27. The molecule has 0 spiro atoms. The predicted molar refractivity (Wildman–Crippen MR) is 50.8 cm³/mol. The molecule has 5 nitrogen and oxygen atoms in total. The highest BCUT2D eigenvalue weighted by atomic mass is 35.7. The molecule has 0 amide bonds. The van der Waals surface area contributed by atoms with Crippen LogP contribution in [0.1, 0.15) is 5.56 Å². The lowest BCUT2D eigenvalue weighted by molar-refractivity contribution is -0.388. The van der Waals surface area contributed by atoms with Crippen LogP contribution in [0.5, 0.6) is 0 Å². The van der Waals surface area contributed by atoms with E-state index in [1.54, 1.807) is 0 Å². The average molecular weight is 254 g/mol. The molecule has 0 N–H and O–H groups in total. The second-order valence-electron chi connectivity index (χ2n) is 2.71. The fourth-order valence-electron chi connectivity index (χ4n) is 1.07. The highest BCUT2D eigenvalue weighted by molar-refractivity contribution is 8.13. The van der Waals surface area contributed by atoms with E-state index in [1.165, 1.54) is 0 Å². The van der Waals surface area contributed by atoms with Crippen molar-refractivity contribution in [1.82, 2.24) is 0 Å². The van der Waals surface area contributed by atoms with E-state index in [0.29, 0.717) is 0 Å². The Labute approximate surface area is 89.0 Å². The third-order valence-electron chi connectivity index (χ3n) is 1.77. The summed E-state index contributed by atoms with van der Waals surface area (Å²) in [7, 11) is 0.724. The molecule has 8 heteroatoms. The average Bonchev–Trinajstić information content (AvgIpc) is 2.06. The lowest BCUT2D eigenvalue weighted by Gasteiger charge is -2.02. The summed E-state index contributed by atoms with van der Waals surface area (Å²) in [4.78, 5) is 8.88. The molecule has 0 bridgehead atoms. The first-order valence-corrected chi connectivity index (χ1v) is 5.94. The van der Waals surface area contributed by atoms with Crippen molar-refractivity contribution < 1.29 is 17.7 Å². The van der Waals surface area contributed by atoms with Crippen molar-refractivity contribution in [1.29, 1.82) is 0 Å². The SMILES string of the molecule is Cc1c(F)ccc(S(=O)(=O)Cl)c1[N+](=O)[O-]. The molecular weight excluding hydrogens is 249 g/mol. The van der Waals surface area contributed by atoms with Gasteiger partial charge in [-0.05, 0) is 19.1 Å². The summed E-state index contributed by atoms with van der Waals surface area (Å²) in [5.74, 6) is -0.856. The van der Waals surface area contributed by atoms with Crippen molar-refractivity contribution in [2.75, 3.05) is 0 Å². The minimum atomic E-state index is -4.25. The Kier molecular flexibility index (Phi) is 2.96. The van der Waals surface area contributed by atoms with Gasteiger partial charge in [0.1, 0.15) is 5.82 Å². The van der Waals surface area contributed by atoms with Gasteiger partial charge in [-0.2, -0.15) is 0 Å². The van der Waals surface area contributed by atoms with E-state index in [1.807, 2.05) is 0 Å². The lowest BCUT2D eigenvalue weighted by Crippen LogP contribution is -2.02. The molecule has 15 heavy (non-hydrogen) atoms. The minimum Gasteiger partial charge on any atom is -0.258 e. The van der Waals surface area contributed by atoms with Gasteiger partial charge in [-0.15, -0.1) is 0 Å². The van der Waals surface area contributed by atoms with E-state index < -0.39 is 30.4 Å². The van der Waals surface area contributed by atoms with E-state index in [2.05, 4.69) is 0 Å². The normalized spacial score (nSPS) is 11.4. The van der Waals surface area contributed by atoms with E-state index in [9.17, 15) is 22.9 Å². The Balaban J connectivity index is 3.70. The van der Waals surface area contributed by atoms with Crippen molar-refractivity contribution in [2.45, 2.75) is 11.8 Å². The van der Waals surface area contributed by atoms with Gasteiger partial charge in [-0.1, -0.05) is 0 Å². The second-order valence-corrected chi connectivity index (χ2v) is 5.25. The van der Waals surface area contributed by atoms with Crippen LogP contribution in [0, 0.1) is 22.9 Å². The molecule has 0 fully saturated rings. The van der Waals surface area contributed by atoms with Crippen LogP contribution in [-0.2, 0) is 9.05 Å². The summed E-state index contributed by atoms with van der Waals surface area (Å²) < 4.78 is 34.9. The molecule has 0 aliphatic rings. The van der Waals surface area contributed by atoms with Gasteiger partial charge in [-0.3, -0.25) is 10.1 Å². The van der Waals surface area contributed by atoms with Gasteiger partial charge in [-0.25, -0.2) is 12.8 Å².